The largest absolute Gasteiger partial charge is 0.385 e. The Labute approximate surface area is 156 Å². The molecule has 3 unspecified atom stereocenters. The summed E-state index contributed by atoms with van der Waals surface area (Å²) in [6, 6.07) is 6.85. The maximum atomic E-state index is 12.9. The number of hydrogen-bond acceptors (Lipinski definition) is 5. The number of aromatic nitrogens is 1. The third-order valence-electron chi connectivity index (χ3n) is 5.46. The number of rotatable bonds is 3. The predicted molar refractivity (Wildman–Crippen MR) is 97.1 cm³/mol. The minimum atomic E-state index is -3.57. The summed E-state index contributed by atoms with van der Waals surface area (Å²) in [5.74, 6) is 0.0415. The minimum Gasteiger partial charge on any atom is -0.385 e. The first-order valence-corrected chi connectivity index (χ1v) is 10.9. The monoisotopic (exact) mass is 398 g/mol. The van der Waals surface area contributed by atoms with E-state index in [1.807, 2.05) is 12.1 Å². The van der Waals surface area contributed by atoms with Gasteiger partial charge in [-0.3, -0.25) is 4.98 Å². The fourth-order valence-corrected chi connectivity index (χ4v) is 7.38. The van der Waals surface area contributed by atoms with E-state index in [1.165, 1.54) is 4.31 Å². The SMILES string of the molecule is O=S(=O)(c1ccc(Cl)s1)N1CC2CCCC(O)(c3cccnc3)C2C1. The highest BCUT2D eigenvalue weighted by Gasteiger charge is 2.52. The van der Waals surface area contributed by atoms with Crippen molar-refractivity contribution in [1.82, 2.24) is 9.29 Å². The summed E-state index contributed by atoms with van der Waals surface area (Å²) in [4.78, 5) is 4.13. The van der Waals surface area contributed by atoms with Crippen molar-refractivity contribution < 1.29 is 13.5 Å². The molecule has 3 heterocycles. The van der Waals surface area contributed by atoms with Gasteiger partial charge in [0.15, 0.2) is 0 Å². The van der Waals surface area contributed by atoms with Gasteiger partial charge < -0.3 is 5.11 Å². The fourth-order valence-electron chi connectivity index (χ4n) is 4.22. The van der Waals surface area contributed by atoms with Crippen LogP contribution >= 0.6 is 22.9 Å². The highest BCUT2D eigenvalue weighted by atomic mass is 35.5. The molecule has 4 rings (SSSR count). The summed E-state index contributed by atoms with van der Waals surface area (Å²) in [6.07, 6.45) is 5.83. The van der Waals surface area contributed by atoms with Crippen LogP contribution in [0.5, 0.6) is 0 Å². The first kappa shape index (κ1) is 17.4. The Balaban J connectivity index is 1.65. The third-order valence-corrected chi connectivity index (χ3v) is 8.99. The molecule has 1 aliphatic carbocycles. The van der Waals surface area contributed by atoms with E-state index in [9.17, 15) is 13.5 Å². The number of fused-ring (bicyclic) bond motifs is 1. The third kappa shape index (κ3) is 2.92. The summed E-state index contributed by atoms with van der Waals surface area (Å²) in [5, 5.41) is 11.4. The van der Waals surface area contributed by atoms with Crippen molar-refractivity contribution in [2.75, 3.05) is 13.1 Å². The van der Waals surface area contributed by atoms with E-state index in [0.717, 1.165) is 29.7 Å². The zero-order valence-corrected chi connectivity index (χ0v) is 15.9. The van der Waals surface area contributed by atoms with Gasteiger partial charge in [-0.15, -0.1) is 11.3 Å². The maximum Gasteiger partial charge on any atom is 0.252 e. The minimum absolute atomic E-state index is 0.115. The molecule has 0 bridgehead atoms. The average molecular weight is 399 g/mol. The van der Waals surface area contributed by atoms with Crippen LogP contribution in [-0.4, -0.2) is 35.9 Å². The molecule has 3 atom stereocenters. The van der Waals surface area contributed by atoms with Crippen molar-refractivity contribution >= 4 is 33.0 Å². The van der Waals surface area contributed by atoms with Crippen LogP contribution in [0.15, 0.2) is 40.9 Å². The van der Waals surface area contributed by atoms with Gasteiger partial charge in [0.1, 0.15) is 4.21 Å². The molecule has 2 aromatic rings. The molecule has 0 spiro atoms. The standard InChI is InChI=1S/C17H19ClN2O3S2/c18-15-5-6-16(24-15)25(22,23)20-10-12-3-1-7-17(21,14(12)11-20)13-4-2-8-19-9-13/h2,4-6,8-9,12,14,21H,1,3,7,10-11H2. The second-order valence-corrected chi connectivity index (χ2v) is 10.7. The first-order chi connectivity index (χ1) is 11.9. The van der Waals surface area contributed by atoms with E-state index in [0.29, 0.717) is 23.8 Å². The maximum absolute atomic E-state index is 12.9. The average Bonchev–Trinajstić information content (AvgIpc) is 3.24. The highest BCUT2D eigenvalue weighted by Crippen LogP contribution is 2.49. The number of aliphatic hydroxyl groups is 1. The smallest absolute Gasteiger partial charge is 0.252 e. The zero-order chi connectivity index (χ0) is 17.7. The van der Waals surface area contributed by atoms with Crippen molar-refractivity contribution in [3.63, 3.8) is 0 Å². The molecule has 1 N–H and O–H groups in total. The van der Waals surface area contributed by atoms with E-state index in [4.69, 9.17) is 11.6 Å². The van der Waals surface area contributed by atoms with Gasteiger partial charge in [-0.1, -0.05) is 17.7 Å². The summed E-state index contributed by atoms with van der Waals surface area (Å²) in [7, 11) is -3.57. The highest BCUT2D eigenvalue weighted by molar-refractivity contribution is 7.91. The molecule has 2 fully saturated rings. The molecule has 0 amide bonds. The lowest BCUT2D eigenvalue weighted by Crippen LogP contribution is -2.43. The lowest BCUT2D eigenvalue weighted by molar-refractivity contribution is -0.0643. The molecule has 1 aliphatic heterocycles. The van der Waals surface area contributed by atoms with Crippen LogP contribution in [-0.2, 0) is 15.6 Å². The second kappa shape index (κ2) is 6.32. The van der Waals surface area contributed by atoms with Gasteiger partial charge in [0.05, 0.1) is 9.94 Å². The Morgan fingerprint density at radius 3 is 2.84 bits per heavy atom. The van der Waals surface area contributed by atoms with E-state index >= 15 is 0 Å². The quantitative estimate of drug-likeness (QED) is 0.862. The zero-order valence-electron chi connectivity index (χ0n) is 13.5. The molecule has 0 radical (unpaired) electrons. The van der Waals surface area contributed by atoms with Gasteiger partial charge in [0.2, 0.25) is 0 Å². The summed E-state index contributed by atoms with van der Waals surface area (Å²) < 4.78 is 28.1. The normalized spacial score (nSPS) is 30.3. The Hall–Kier alpha value is -0.990. The lowest BCUT2D eigenvalue weighted by atomic mass is 9.68. The molecular weight excluding hydrogens is 380 g/mol. The van der Waals surface area contributed by atoms with Gasteiger partial charge in [-0.25, -0.2) is 8.42 Å². The molecule has 2 aromatic heterocycles. The van der Waals surface area contributed by atoms with E-state index in [2.05, 4.69) is 4.98 Å². The second-order valence-electron chi connectivity index (χ2n) is 6.81. The summed E-state index contributed by atoms with van der Waals surface area (Å²) >= 11 is 6.98. The van der Waals surface area contributed by atoms with Crippen LogP contribution in [0.25, 0.3) is 0 Å². The first-order valence-electron chi connectivity index (χ1n) is 8.29. The molecule has 0 aromatic carbocycles. The van der Waals surface area contributed by atoms with Gasteiger partial charge in [-0.2, -0.15) is 4.31 Å². The Kier molecular flexibility index (Phi) is 4.40. The number of pyridine rings is 1. The molecule has 2 aliphatic rings. The predicted octanol–water partition coefficient (Wildman–Crippen LogP) is 3.10. The van der Waals surface area contributed by atoms with Crippen LogP contribution in [0.4, 0.5) is 0 Å². The Morgan fingerprint density at radius 2 is 2.16 bits per heavy atom. The van der Waals surface area contributed by atoms with Crippen LogP contribution in [0.3, 0.4) is 0 Å². The summed E-state index contributed by atoms with van der Waals surface area (Å²) in [5.41, 5.74) is -0.239. The van der Waals surface area contributed by atoms with Crippen molar-refractivity contribution in [3.05, 3.63) is 46.6 Å². The number of hydrogen-bond donors (Lipinski definition) is 1. The van der Waals surface area contributed by atoms with E-state index in [-0.39, 0.29) is 16.0 Å². The van der Waals surface area contributed by atoms with Gasteiger partial charge in [0.25, 0.3) is 10.0 Å². The van der Waals surface area contributed by atoms with Gasteiger partial charge >= 0.3 is 0 Å². The van der Waals surface area contributed by atoms with Crippen molar-refractivity contribution in [2.24, 2.45) is 11.8 Å². The Morgan fingerprint density at radius 1 is 1.32 bits per heavy atom. The molecule has 25 heavy (non-hydrogen) atoms. The number of sulfonamides is 1. The van der Waals surface area contributed by atoms with Crippen LogP contribution < -0.4 is 0 Å². The number of thiophene rings is 1. The van der Waals surface area contributed by atoms with Crippen molar-refractivity contribution in [2.45, 2.75) is 29.1 Å². The van der Waals surface area contributed by atoms with Crippen molar-refractivity contribution in [1.29, 1.82) is 0 Å². The molecule has 8 heteroatoms. The number of nitrogens with zero attached hydrogens (tertiary/aromatic N) is 2. The molecular formula is C17H19ClN2O3S2. The van der Waals surface area contributed by atoms with Gasteiger partial charge in [0, 0.05) is 37.0 Å². The molecule has 134 valence electrons. The van der Waals surface area contributed by atoms with Gasteiger partial charge in [-0.05, 0) is 43.4 Å². The topological polar surface area (TPSA) is 70.5 Å². The molecule has 1 saturated heterocycles. The van der Waals surface area contributed by atoms with Crippen LogP contribution in [0.1, 0.15) is 24.8 Å². The van der Waals surface area contributed by atoms with E-state index < -0.39 is 15.6 Å². The van der Waals surface area contributed by atoms with Crippen LogP contribution in [0, 0.1) is 11.8 Å². The fraction of sp³-hybridized carbons (Fsp3) is 0.471. The molecule has 1 saturated carbocycles. The van der Waals surface area contributed by atoms with Crippen LogP contribution in [0.2, 0.25) is 4.34 Å². The van der Waals surface area contributed by atoms with Crippen molar-refractivity contribution in [3.8, 4) is 0 Å². The summed E-state index contributed by atoms with van der Waals surface area (Å²) in [6.45, 7) is 0.777. The Bertz CT molecular complexity index is 871. The number of halogens is 1. The van der Waals surface area contributed by atoms with E-state index in [1.54, 1.807) is 24.5 Å². The molecule has 5 nitrogen and oxygen atoms in total. The lowest BCUT2D eigenvalue weighted by Gasteiger charge is -2.41.